The number of aromatic nitrogens is 1. The molecule has 1 fully saturated rings. The third-order valence-corrected chi connectivity index (χ3v) is 3.67. The molecule has 0 amide bonds. The maximum absolute atomic E-state index is 5.80. The Morgan fingerprint density at radius 3 is 2.88 bits per heavy atom. The molecule has 0 aliphatic heterocycles. The molecular formula is C13H19ClN2. The lowest BCUT2D eigenvalue weighted by atomic mass is 9.86. The molecular weight excluding hydrogens is 220 g/mol. The maximum atomic E-state index is 5.80. The molecule has 1 aromatic heterocycles. The van der Waals surface area contributed by atoms with Crippen LogP contribution in [0.25, 0.3) is 0 Å². The molecule has 0 bridgehead atoms. The summed E-state index contributed by atoms with van der Waals surface area (Å²) in [7, 11) is 0. The van der Waals surface area contributed by atoms with Crippen molar-refractivity contribution < 1.29 is 0 Å². The van der Waals surface area contributed by atoms with Gasteiger partial charge in [-0.25, -0.2) is 0 Å². The second-order valence-electron chi connectivity index (χ2n) is 4.72. The van der Waals surface area contributed by atoms with Gasteiger partial charge in [-0.1, -0.05) is 31.4 Å². The van der Waals surface area contributed by atoms with Crippen molar-refractivity contribution in [2.45, 2.75) is 45.2 Å². The number of nitrogens with zero attached hydrogens (tertiary/aromatic N) is 1. The second kappa shape index (κ2) is 5.65. The summed E-state index contributed by atoms with van der Waals surface area (Å²) < 4.78 is 0. The van der Waals surface area contributed by atoms with Crippen molar-refractivity contribution in [3.05, 3.63) is 29.0 Å². The predicted molar refractivity (Wildman–Crippen MR) is 67.5 cm³/mol. The first-order valence-corrected chi connectivity index (χ1v) is 6.47. The van der Waals surface area contributed by atoms with Gasteiger partial charge < -0.3 is 5.32 Å². The molecule has 2 rings (SSSR count). The molecule has 1 aromatic rings. The third-order valence-electron chi connectivity index (χ3n) is 3.45. The van der Waals surface area contributed by atoms with Crippen LogP contribution in [0.1, 0.15) is 38.3 Å². The molecule has 1 saturated carbocycles. The fraction of sp³-hybridized carbons (Fsp3) is 0.615. The van der Waals surface area contributed by atoms with Crippen LogP contribution in [-0.2, 0) is 6.54 Å². The largest absolute Gasteiger partial charge is 0.308 e. The molecule has 2 nitrogen and oxygen atoms in total. The van der Waals surface area contributed by atoms with E-state index in [0.29, 0.717) is 11.1 Å². The van der Waals surface area contributed by atoms with Gasteiger partial charge in [0.25, 0.3) is 0 Å². The van der Waals surface area contributed by atoms with E-state index in [1.807, 2.05) is 12.1 Å². The van der Waals surface area contributed by atoms with Crippen molar-refractivity contribution in [2.75, 3.05) is 0 Å². The number of pyridine rings is 1. The highest BCUT2D eigenvalue weighted by molar-refractivity contribution is 6.30. The van der Waals surface area contributed by atoms with Gasteiger partial charge in [-0.15, -0.1) is 0 Å². The second-order valence-corrected chi connectivity index (χ2v) is 5.15. The average Bonchev–Trinajstić information content (AvgIpc) is 2.30. The lowest BCUT2D eigenvalue weighted by Crippen LogP contribution is -2.36. The molecule has 3 heteroatoms. The minimum atomic E-state index is 0.659. The Bertz CT molecular complexity index is 323. The Hall–Kier alpha value is -0.600. The molecule has 2 atom stereocenters. The average molecular weight is 239 g/mol. The van der Waals surface area contributed by atoms with Gasteiger partial charge in [0.05, 0.1) is 10.7 Å². The van der Waals surface area contributed by atoms with E-state index in [0.717, 1.165) is 18.2 Å². The molecule has 88 valence electrons. The van der Waals surface area contributed by atoms with Crippen LogP contribution >= 0.6 is 11.6 Å². The maximum Gasteiger partial charge on any atom is 0.0589 e. The smallest absolute Gasteiger partial charge is 0.0589 e. The fourth-order valence-corrected chi connectivity index (χ4v) is 2.48. The van der Waals surface area contributed by atoms with Crippen LogP contribution in [0.15, 0.2) is 18.3 Å². The van der Waals surface area contributed by atoms with E-state index in [2.05, 4.69) is 17.2 Å². The molecule has 0 radical (unpaired) electrons. The summed E-state index contributed by atoms with van der Waals surface area (Å²) in [6.07, 6.45) is 7.11. The van der Waals surface area contributed by atoms with Crippen molar-refractivity contribution in [3.63, 3.8) is 0 Å². The third kappa shape index (κ3) is 3.19. The summed E-state index contributed by atoms with van der Waals surface area (Å²) in [5.74, 6) is 0.793. The van der Waals surface area contributed by atoms with E-state index >= 15 is 0 Å². The SMILES string of the molecule is CC1CCCCC1NCc1ccc(Cl)cn1. The minimum absolute atomic E-state index is 0.659. The Balaban J connectivity index is 1.84. The minimum Gasteiger partial charge on any atom is -0.308 e. The predicted octanol–water partition coefficient (Wildman–Crippen LogP) is 3.40. The number of rotatable bonds is 3. The van der Waals surface area contributed by atoms with Gasteiger partial charge in [0.1, 0.15) is 0 Å². The van der Waals surface area contributed by atoms with Crippen LogP contribution in [-0.4, -0.2) is 11.0 Å². The van der Waals surface area contributed by atoms with Crippen LogP contribution < -0.4 is 5.32 Å². The van der Waals surface area contributed by atoms with E-state index in [1.54, 1.807) is 6.20 Å². The van der Waals surface area contributed by atoms with Crippen LogP contribution in [0.2, 0.25) is 5.02 Å². The van der Waals surface area contributed by atoms with Crippen molar-refractivity contribution in [2.24, 2.45) is 5.92 Å². The van der Waals surface area contributed by atoms with Crippen molar-refractivity contribution in [3.8, 4) is 0 Å². The zero-order chi connectivity index (χ0) is 11.4. The van der Waals surface area contributed by atoms with Gasteiger partial charge in [-0.2, -0.15) is 0 Å². The first-order chi connectivity index (χ1) is 7.75. The highest BCUT2D eigenvalue weighted by Crippen LogP contribution is 2.23. The van der Waals surface area contributed by atoms with Crippen LogP contribution in [0.5, 0.6) is 0 Å². The Labute approximate surface area is 102 Å². The molecule has 0 saturated heterocycles. The van der Waals surface area contributed by atoms with Crippen molar-refractivity contribution >= 4 is 11.6 Å². The first-order valence-electron chi connectivity index (χ1n) is 6.09. The van der Waals surface area contributed by atoms with Crippen LogP contribution in [0, 0.1) is 5.92 Å². The molecule has 2 unspecified atom stereocenters. The van der Waals surface area contributed by atoms with Gasteiger partial charge in [0, 0.05) is 18.8 Å². The lowest BCUT2D eigenvalue weighted by molar-refractivity contribution is 0.278. The first kappa shape index (κ1) is 11.9. The Morgan fingerprint density at radius 2 is 2.19 bits per heavy atom. The van der Waals surface area contributed by atoms with Crippen LogP contribution in [0.3, 0.4) is 0 Å². The number of nitrogens with one attached hydrogen (secondary N) is 1. The molecule has 0 spiro atoms. The topological polar surface area (TPSA) is 24.9 Å². The van der Waals surface area contributed by atoms with E-state index in [4.69, 9.17) is 11.6 Å². The number of hydrogen-bond acceptors (Lipinski definition) is 2. The van der Waals surface area contributed by atoms with Crippen LogP contribution in [0.4, 0.5) is 0 Å². The molecule has 1 aliphatic carbocycles. The quantitative estimate of drug-likeness (QED) is 0.873. The number of halogens is 1. The summed E-state index contributed by atoms with van der Waals surface area (Å²) in [4.78, 5) is 4.29. The highest BCUT2D eigenvalue weighted by Gasteiger charge is 2.20. The normalized spacial score (nSPS) is 25.6. The summed E-state index contributed by atoms with van der Waals surface area (Å²) in [5, 5.41) is 4.31. The summed E-state index contributed by atoms with van der Waals surface area (Å²) in [6, 6.07) is 4.55. The van der Waals surface area contributed by atoms with E-state index in [1.165, 1.54) is 25.7 Å². The molecule has 1 heterocycles. The molecule has 16 heavy (non-hydrogen) atoms. The van der Waals surface area contributed by atoms with Crippen molar-refractivity contribution in [1.29, 1.82) is 0 Å². The van der Waals surface area contributed by atoms with Gasteiger partial charge in [-0.3, -0.25) is 4.98 Å². The number of hydrogen-bond donors (Lipinski definition) is 1. The standard InChI is InChI=1S/C13H19ClN2/c1-10-4-2-3-5-13(10)16-9-12-7-6-11(14)8-15-12/h6-8,10,13,16H,2-5,9H2,1H3. The lowest BCUT2D eigenvalue weighted by Gasteiger charge is -2.29. The zero-order valence-corrected chi connectivity index (χ0v) is 10.5. The summed E-state index contributed by atoms with van der Waals surface area (Å²) >= 11 is 5.80. The summed E-state index contributed by atoms with van der Waals surface area (Å²) in [6.45, 7) is 3.19. The van der Waals surface area contributed by atoms with Gasteiger partial charge in [0.2, 0.25) is 0 Å². The van der Waals surface area contributed by atoms with E-state index in [9.17, 15) is 0 Å². The Kier molecular flexibility index (Phi) is 4.19. The molecule has 1 aliphatic rings. The monoisotopic (exact) mass is 238 g/mol. The van der Waals surface area contributed by atoms with Gasteiger partial charge >= 0.3 is 0 Å². The van der Waals surface area contributed by atoms with E-state index < -0.39 is 0 Å². The molecule has 0 aromatic carbocycles. The molecule has 1 N–H and O–H groups in total. The zero-order valence-electron chi connectivity index (χ0n) is 9.75. The summed E-state index contributed by atoms with van der Waals surface area (Å²) in [5.41, 5.74) is 1.07. The highest BCUT2D eigenvalue weighted by atomic mass is 35.5. The van der Waals surface area contributed by atoms with E-state index in [-0.39, 0.29) is 0 Å². The van der Waals surface area contributed by atoms with Gasteiger partial charge in [0.15, 0.2) is 0 Å². The van der Waals surface area contributed by atoms with Crippen molar-refractivity contribution in [1.82, 2.24) is 10.3 Å². The fourth-order valence-electron chi connectivity index (χ4n) is 2.37. The Morgan fingerprint density at radius 1 is 1.38 bits per heavy atom. The van der Waals surface area contributed by atoms with Gasteiger partial charge in [-0.05, 0) is 30.9 Å².